The maximum atomic E-state index is 4.50. The van der Waals surface area contributed by atoms with Gasteiger partial charge in [-0.1, -0.05) is 76.1 Å². The Hall–Kier alpha value is -1.33. The molecule has 1 aliphatic carbocycles. The summed E-state index contributed by atoms with van der Waals surface area (Å²) >= 11 is 1.83. The lowest BCUT2D eigenvalue weighted by atomic mass is 9.87. The Labute approximate surface area is 155 Å². The number of hydrogen-bond acceptors (Lipinski definition) is 4. The average Bonchev–Trinajstić information content (AvgIpc) is 3.05. The molecule has 25 heavy (non-hydrogen) atoms. The first-order valence-electron chi connectivity index (χ1n) is 9.43. The van der Waals surface area contributed by atoms with Crippen molar-refractivity contribution in [3.8, 4) is 11.4 Å². The first kappa shape index (κ1) is 17.1. The highest BCUT2D eigenvalue weighted by Gasteiger charge is 2.28. The predicted molar refractivity (Wildman–Crippen MR) is 104 cm³/mol. The molecule has 1 aromatic heterocycles. The lowest BCUT2D eigenvalue weighted by Crippen LogP contribution is -2.40. The summed E-state index contributed by atoms with van der Waals surface area (Å²) in [5.41, 5.74) is 2.70. The second-order valence-corrected chi connectivity index (χ2v) is 9.27. The smallest absolute Gasteiger partial charge is 0.193 e. The van der Waals surface area contributed by atoms with Crippen LogP contribution in [0.3, 0.4) is 0 Å². The van der Waals surface area contributed by atoms with Gasteiger partial charge in [-0.05, 0) is 23.8 Å². The van der Waals surface area contributed by atoms with Crippen LogP contribution in [0.15, 0.2) is 29.4 Å². The van der Waals surface area contributed by atoms with E-state index in [1.54, 1.807) is 0 Å². The molecule has 2 aliphatic rings. The van der Waals surface area contributed by atoms with Crippen molar-refractivity contribution < 1.29 is 0 Å². The normalized spacial score (nSPS) is 19.8. The molecule has 2 heterocycles. The van der Waals surface area contributed by atoms with Crippen molar-refractivity contribution in [2.45, 2.75) is 76.2 Å². The van der Waals surface area contributed by atoms with E-state index < -0.39 is 0 Å². The number of hydrogen-bond donors (Lipinski definition) is 0. The highest BCUT2D eigenvalue weighted by Crippen LogP contribution is 2.33. The minimum Gasteiger partial charge on any atom is -0.288 e. The van der Waals surface area contributed by atoms with E-state index >= 15 is 0 Å². The molecule has 0 atom stereocenters. The van der Waals surface area contributed by atoms with Crippen LogP contribution in [0, 0.1) is 0 Å². The molecule has 134 valence electrons. The van der Waals surface area contributed by atoms with Gasteiger partial charge in [0.2, 0.25) is 0 Å². The van der Waals surface area contributed by atoms with Gasteiger partial charge in [-0.3, -0.25) is 9.47 Å². The zero-order valence-corrected chi connectivity index (χ0v) is 16.4. The van der Waals surface area contributed by atoms with Crippen LogP contribution in [0.2, 0.25) is 0 Å². The Morgan fingerprint density at radius 1 is 1.00 bits per heavy atom. The second-order valence-electron chi connectivity index (χ2n) is 8.36. The highest BCUT2D eigenvalue weighted by atomic mass is 32.2. The third kappa shape index (κ3) is 3.49. The molecule has 1 aromatic carbocycles. The number of rotatable bonds is 2. The average molecular weight is 357 g/mol. The van der Waals surface area contributed by atoms with Crippen LogP contribution in [0.4, 0.5) is 0 Å². The van der Waals surface area contributed by atoms with Gasteiger partial charge in [0, 0.05) is 11.6 Å². The summed E-state index contributed by atoms with van der Waals surface area (Å²) in [6.07, 6.45) is 6.84. The Bertz CT molecular complexity index is 723. The summed E-state index contributed by atoms with van der Waals surface area (Å²) in [6, 6.07) is 9.58. The molecular weight excluding hydrogens is 328 g/mol. The molecule has 2 aromatic rings. The van der Waals surface area contributed by atoms with Crippen LogP contribution in [0.25, 0.3) is 11.4 Å². The number of benzene rings is 1. The van der Waals surface area contributed by atoms with E-state index in [1.807, 2.05) is 11.8 Å². The maximum Gasteiger partial charge on any atom is 0.193 e. The molecule has 4 rings (SSSR count). The van der Waals surface area contributed by atoms with Crippen molar-refractivity contribution in [2.75, 3.05) is 5.88 Å². The van der Waals surface area contributed by atoms with Crippen LogP contribution in [0.1, 0.15) is 58.4 Å². The summed E-state index contributed by atoms with van der Waals surface area (Å²) in [6.45, 7) is 7.68. The molecule has 0 radical (unpaired) electrons. The fourth-order valence-electron chi connectivity index (χ4n) is 3.89. The van der Waals surface area contributed by atoms with Crippen LogP contribution >= 0.6 is 11.8 Å². The number of nitrogens with zero attached hydrogens (tertiary/aromatic N) is 4. The molecule has 0 bridgehead atoms. The summed E-state index contributed by atoms with van der Waals surface area (Å²) in [7, 11) is 0. The Balaban J connectivity index is 1.58. The number of fused-ring (bicyclic) bond motifs is 1. The molecule has 1 fully saturated rings. The van der Waals surface area contributed by atoms with Gasteiger partial charge in [-0.15, -0.1) is 10.2 Å². The van der Waals surface area contributed by atoms with E-state index in [9.17, 15) is 0 Å². The summed E-state index contributed by atoms with van der Waals surface area (Å²) in [5, 5.41) is 10.00. The predicted octanol–water partition coefficient (Wildman–Crippen LogP) is 4.90. The SMILES string of the molecule is CC(C)(C)c1ccc(-c2nnc3n2CN(C2CCCCC2)CS3)cc1. The van der Waals surface area contributed by atoms with E-state index in [0.29, 0.717) is 0 Å². The van der Waals surface area contributed by atoms with Crippen molar-refractivity contribution >= 4 is 11.8 Å². The monoisotopic (exact) mass is 356 g/mol. The third-order valence-corrected chi connectivity index (χ3v) is 6.52. The second kappa shape index (κ2) is 6.76. The molecule has 1 saturated carbocycles. The fraction of sp³-hybridized carbons (Fsp3) is 0.600. The number of thioether (sulfide) groups is 1. The van der Waals surface area contributed by atoms with Crippen molar-refractivity contribution in [3.05, 3.63) is 29.8 Å². The van der Waals surface area contributed by atoms with E-state index in [0.717, 1.165) is 35.1 Å². The van der Waals surface area contributed by atoms with Gasteiger partial charge in [0.1, 0.15) is 0 Å². The third-order valence-electron chi connectivity index (χ3n) is 5.50. The first-order chi connectivity index (χ1) is 12.0. The molecular formula is C20H28N4S. The molecule has 1 aliphatic heterocycles. The maximum absolute atomic E-state index is 4.50. The van der Waals surface area contributed by atoms with Gasteiger partial charge in [-0.2, -0.15) is 0 Å². The summed E-state index contributed by atoms with van der Waals surface area (Å²) in [4.78, 5) is 2.62. The molecule has 0 saturated heterocycles. The highest BCUT2D eigenvalue weighted by molar-refractivity contribution is 7.99. The topological polar surface area (TPSA) is 34.0 Å². The van der Waals surface area contributed by atoms with Gasteiger partial charge in [0.15, 0.2) is 11.0 Å². The number of aromatic nitrogens is 3. The Morgan fingerprint density at radius 3 is 2.40 bits per heavy atom. The minimum atomic E-state index is 0.177. The van der Waals surface area contributed by atoms with E-state index in [2.05, 4.69) is 64.7 Å². The van der Waals surface area contributed by atoms with Gasteiger partial charge in [0.05, 0.1) is 12.5 Å². The van der Waals surface area contributed by atoms with Crippen molar-refractivity contribution in [3.63, 3.8) is 0 Å². The Morgan fingerprint density at radius 2 is 1.72 bits per heavy atom. The Kier molecular flexibility index (Phi) is 4.63. The van der Waals surface area contributed by atoms with Gasteiger partial charge in [-0.25, -0.2) is 0 Å². The summed E-state index contributed by atoms with van der Waals surface area (Å²) < 4.78 is 2.30. The fourth-order valence-corrected chi connectivity index (χ4v) is 4.86. The lowest BCUT2D eigenvalue weighted by Gasteiger charge is -2.36. The molecule has 0 spiro atoms. The molecule has 4 nitrogen and oxygen atoms in total. The van der Waals surface area contributed by atoms with E-state index in [4.69, 9.17) is 0 Å². The van der Waals surface area contributed by atoms with Crippen molar-refractivity contribution in [1.82, 2.24) is 19.7 Å². The summed E-state index contributed by atoms with van der Waals surface area (Å²) in [5.74, 6) is 2.05. The molecule has 0 amide bonds. The zero-order chi connectivity index (χ0) is 17.4. The van der Waals surface area contributed by atoms with Crippen LogP contribution in [0.5, 0.6) is 0 Å². The van der Waals surface area contributed by atoms with Crippen LogP contribution in [-0.4, -0.2) is 31.6 Å². The van der Waals surface area contributed by atoms with E-state index in [-0.39, 0.29) is 5.41 Å². The lowest BCUT2D eigenvalue weighted by molar-refractivity contribution is 0.135. The molecule has 0 N–H and O–H groups in total. The first-order valence-corrected chi connectivity index (χ1v) is 10.4. The molecule has 0 unspecified atom stereocenters. The van der Waals surface area contributed by atoms with Crippen LogP contribution < -0.4 is 0 Å². The standard InChI is InChI=1S/C20H28N4S/c1-20(2,3)16-11-9-15(10-12-16)18-21-22-19-24(18)13-23(14-25-19)17-7-5-4-6-8-17/h9-12,17H,4-8,13-14H2,1-3H3. The largest absolute Gasteiger partial charge is 0.288 e. The van der Waals surface area contributed by atoms with E-state index in [1.165, 1.54) is 37.7 Å². The minimum absolute atomic E-state index is 0.177. The van der Waals surface area contributed by atoms with Gasteiger partial charge < -0.3 is 0 Å². The quantitative estimate of drug-likeness (QED) is 0.766. The molecule has 5 heteroatoms. The van der Waals surface area contributed by atoms with Crippen molar-refractivity contribution in [1.29, 1.82) is 0 Å². The van der Waals surface area contributed by atoms with Crippen molar-refractivity contribution in [2.24, 2.45) is 0 Å². The van der Waals surface area contributed by atoms with Gasteiger partial charge in [0.25, 0.3) is 0 Å². The van der Waals surface area contributed by atoms with Gasteiger partial charge >= 0.3 is 0 Å². The van der Waals surface area contributed by atoms with Crippen LogP contribution in [-0.2, 0) is 12.1 Å². The zero-order valence-electron chi connectivity index (χ0n) is 15.5.